The average molecular weight is 717 g/mol. The number of hydrogen-bond acceptors (Lipinski definition) is 7. The maximum atomic E-state index is 14.3. The van der Waals surface area contributed by atoms with Crippen molar-refractivity contribution in [2.75, 3.05) is 63.8 Å². The Morgan fingerprint density at radius 3 is 2.06 bits per heavy atom. The van der Waals surface area contributed by atoms with Crippen molar-refractivity contribution < 1.29 is 28.7 Å². The lowest BCUT2D eigenvalue weighted by molar-refractivity contribution is 0.0358. The van der Waals surface area contributed by atoms with E-state index in [9.17, 15) is 19.2 Å². The van der Waals surface area contributed by atoms with Gasteiger partial charge in [0.05, 0.1) is 37.1 Å². The van der Waals surface area contributed by atoms with Crippen molar-refractivity contribution in [2.45, 2.75) is 44.9 Å². The molecule has 4 aromatic carbocycles. The molecule has 4 aromatic rings. The molecule has 2 aliphatic rings. The quantitative estimate of drug-likeness (QED) is 0.161. The van der Waals surface area contributed by atoms with E-state index in [-0.39, 0.29) is 23.1 Å². The Morgan fingerprint density at radius 2 is 1.42 bits per heavy atom. The first-order valence-electron chi connectivity index (χ1n) is 18.5. The number of methoxy groups -OCH3 is 1. The molecule has 1 aliphatic carbocycles. The molecular weight excluding hydrogens is 668 g/mol. The zero-order valence-corrected chi connectivity index (χ0v) is 30.6. The highest BCUT2D eigenvalue weighted by Gasteiger charge is 2.32. The maximum Gasteiger partial charge on any atom is 0.337 e. The van der Waals surface area contributed by atoms with Crippen LogP contribution in [0, 0.1) is 0 Å². The lowest BCUT2D eigenvalue weighted by Crippen LogP contribution is -2.48. The number of morpholine rings is 1. The number of carbonyl (C=O) groups excluding carboxylic acids is 4. The molecule has 0 radical (unpaired) electrons. The minimum atomic E-state index is -0.485. The monoisotopic (exact) mass is 716 g/mol. The summed E-state index contributed by atoms with van der Waals surface area (Å²) in [5.41, 5.74) is 6.49. The summed E-state index contributed by atoms with van der Waals surface area (Å²) in [6.45, 7) is 3.96. The van der Waals surface area contributed by atoms with Crippen LogP contribution in [0.1, 0.15) is 72.6 Å². The number of likely N-dealkylation sites (N-methyl/N-ethyl adjacent to an activating group) is 1. The van der Waals surface area contributed by atoms with Gasteiger partial charge in [-0.15, -0.1) is 0 Å². The van der Waals surface area contributed by atoms with E-state index in [4.69, 9.17) is 9.47 Å². The molecule has 10 heteroatoms. The van der Waals surface area contributed by atoms with Gasteiger partial charge in [-0.25, -0.2) is 14.5 Å². The minimum Gasteiger partial charge on any atom is -0.465 e. The van der Waals surface area contributed by atoms with Crippen LogP contribution in [0.15, 0.2) is 91.0 Å². The number of anilines is 2. The summed E-state index contributed by atoms with van der Waals surface area (Å²) in [4.78, 5) is 59.5. The number of ether oxygens (including phenoxy) is 2. The van der Waals surface area contributed by atoms with E-state index in [1.165, 1.54) is 12.0 Å². The molecule has 1 N–H and O–H groups in total. The smallest absolute Gasteiger partial charge is 0.337 e. The number of fused-ring (bicyclic) bond motifs is 1. The largest absolute Gasteiger partial charge is 0.465 e. The summed E-state index contributed by atoms with van der Waals surface area (Å²) in [5.74, 6) is -1.21. The fourth-order valence-electron chi connectivity index (χ4n) is 6.91. The van der Waals surface area contributed by atoms with E-state index in [1.807, 2.05) is 54.6 Å². The predicted molar refractivity (Wildman–Crippen MR) is 206 cm³/mol. The van der Waals surface area contributed by atoms with Crippen molar-refractivity contribution in [2.24, 2.45) is 0 Å². The van der Waals surface area contributed by atoms with Crippen LogP contribution in [0.25, 0.3) is 0 Å². The molecule has 0 atom stereocenters. The summed E-state index contributed by atoms with van der Waals surface area (Å²) < 4.78 is 10.3. The number of carbonyl (C=O) groups is 4. The first-order valence-corrected chi connectivity index (χ1v) is 18.5. The van der Waals surface area contributed by atoms with Crippen molar-refractivity contribution in [3.05, 3.63) is 130 Å². The van der Waals surface area contributed by atoms with Crippen LogP contribution in [0.3, 0.4) is 0 Å². The van der Waals surface area contributed by atoms with Crippen molar-refractivity contribution >= 4 is 35.2 Å². The molecule has 0 bridgehead atoms. The number of nitrogens with one attached hydrogen (secondary N) is 1. The SMILES string of the molecule is COC(=O)c1ccc(CCCc2ccc(NC(=O)c3cc4c(cc3N(C(=O)c3ccccc3)C(=O)N(C)CCN3CCOCC3)CCCC4)cc2)cc1. The number of aryl methyl sites for hydroxylation is 4. The van der Waals surface area contributed by atoms with E-state index >= 15 is 0 Å². The summed E-state index contributed by atoms with van der Waals surface area (Å²) in [6.07, 6.45) is 6.30. The normalized spacial score (nSPS) is 14.2. The van der Waals surface area contributed by atoms with Crippen LogP contribution in [0.2, 0.25) is 0 Å². The van der Waals surface area contributed by atoms with Gasteiger partial charge < -0.3 is 19.7 Å². The van der Waals surface area contributed by atoms with Crippen molar-refractivity contribution in [1.29, 1.82) is 0 Å². The summed E-state index contributed by atoms with van der Waals surface area (Å²) in [6, 6.07) is 27.2. The zero-order valence-electron chi connectivity index (χ0n) is 30.6. The molecule has 0 aromatic heterocycles. The summed E-state index contributed by atoms with van der Waals surface area (Å²) in [7, 11) is 3.08. The molecule has 10 nitrogen and oxygen atoms in total. The van der Waals surface area contributed by atoms with Gasteiger partial charge in [0.15, 0.2) is 0 Å². The van der Waals surface area contributed by atoms with E-state index in [0.717, 1.165) is 80.3 Å². The highest BCUT2D eigenvalue weighted by atomic mass is 16.5. The maximum absolute atomic E-state index is 14.3. The molecular formula is C43H48N4O6. The second-order valence-corrected chi connectivity index (χ2v) is 13.7. The third-order valence-corrected chi connectivity index (χ3v) is 10.1. The minimum absolute atomic E-state index is 0.284. The molecule has 0 unspecified atom stereocenters. The third kappa shape index (κ3) is 9.57. The molecule has 6 rings (SSSR count). The number of urea groups is 1. The van der Waals surface area contributed by atoms with Gasteiger partial charge in [0.1, 0.15) is 0 Å². The molecule has 53 heavy (non-hydrogen) atoms. The van der Waals surface area contributed by atoms with Crippen LogP contribution < -0.4 is 10.2 Å². The van der Waals surface area contributed by atoms with E-state index in [2.05, 4.69) is 10.2 Å². The Balaban J connectivity index is 1.21. The van der Waals surface area contributed by atoms with E-state index in [0.29, 0.717) is 43.1 Å². The van der Waals surface area contributed by atoms with Gasteiger partial charge in [0.2, 0.25) is 0 Å². The molecule has 0 saturated carbocycles. The lowest BCUT2D eigenvalue weighted by atomic mass is 9.89. The highest BCUT2D eigenvalue weighted by molar-refractivity contribution is 6.23. The van der Waals surface area contributed by atoms with Crippen molar-refractivity contribution in [1.82, 2.24) is 9.80 Å². The first kappa shape index (κ1) is 37.4. The average Bonchev–Trinajstić information content (AvgIpc) is 3.21. The number of esters is 1. The van der Waals surface area contributed by atoms with Crippen LogP contribution in [-0.2, 0) is 35.2 Å². The number of amides is 4. The van der Waals surface area contributed by atoms with Crippen molar-refractivity contribution in [3.8, 4) is 0 Å². The zero-order chi connectivity index (χ0) is 37.2. The Hall–Kier alpha value is -5.32. The summed E-state index contributed by atoms with van der Waals surface area (Å²) in [5, 5.41) is 3.05. The van der Waals surface area contributed by atoms with E-state index in [1.54, 1.807) is 48.3 Å². The second-order valence-electron chi connectivity index (χ2n) is 13.7. The summed E-state index contributed by atoms with van der Waals surface area (Å²) >= 11 is 0. The van der Waals surface area contributed by atoms with Gasteiger partial charge in [-0.1, -0.05) is 42.5 Å². The fourth-order valence-corrected chi connectivity index (χ4v) is 6.91. The number of hydrogen-bond donors (Lipinski definition) is 1. The number of imide groups is 1. The molecule has 276 valence electrons. The predicted octanol–water partition coefficient (Wildman–Crippen LogP) is 6.81. The number of rotatable bonds is 12. The van der Waals surface area contributed by atoms with Crippen molar-refractivity contribution in [3.63, 3.8) is 0 Å². The van der Waals surface area contributed by atoms with Gasteiger partial charge in [-0.05, 0) is 116 Å². The van der Waals surface area contributed by atoms with Crippen LogP contribution >= 0.6 is 0 Å². The molecule has 4 amide bonds. The van der Waals surface area contributed by atoms with Crippen LogP contribution in [-0.4, -0.2) is 87.2 Å². The molecule has 1 saturated heterocycles. The highest BCUT2D eigenvalue weighted by Crippen LogP contribution is 2.32. The van der Waals surface area contributed by atoms with Crippen LogP contribution in [0.4, 0.5) is 16.2 Å². The van der Waals surface area contributed by atoms with Gasteiger partial charge in [-0.2, -0.15) is 0 Å². The first-order chi connectivity index (χ1) is 25.8. The Kier molecular flexibility index (Phi) is 12.7. The Morgan fingerprint density at radius 1 is 0.792 bits per heavy atom. The third-order valence-electron chi connectivity index (χ3n) is 10.1. The van der Waals surface area contributed by atoms with E-state index < -0.39 is 11.9 Å². The van der Waals surface area contributed by atoms with Gasteiger partial charge >= 0.3 is 12.0 Å². The molecule has 0 spiro atoms. The molecule has 1 heterocycles. The number of benzene rings is 4. The van der Waals surface area contributed by atoms with Crippen LogP contribution in [0.5, 0.6) is 0 Å². The topological polar surface area (TPSA) is 108 Å². The number of nitrogens with zero attached hydrogens (tertiary/aromatic N) is 3. The van der Waals surface area contributed by atoms with Gasteiger partial charge in [0, 0.05) is 44.5 Å². The second kappa shape index (κ2) is 17.9. The molecule has 1 aliphatic heterocycles. The van der Waals surface area contributed by atoms with Gasteiger partial charge in [-0.3, -0.25) is 14.5 Å². The Bertz CT molecular complexity index is 1890. The Labute approximate surface area is 311 Å². The fraction of sp³-hybridized carbons (Fsp3) is 0.349. The standard InChI is InChI=1S/C43H48N4O6/c1-45(23-24-46-25-27-53-28-26-46)43(51)47(41(49)33-11-4-3-5-12-33)39-30-36-14-7-6-13-35(36)29-38(39)40(48)44-37-21-17-32(18-22-37)10-8-9-31-15-19-34(20-16-31)42(50)52-2/h3-5,11-12,15-22,29-30H,6-10,13-14,23-28H2,1-2H3,(H,44,48). The lowest BCUT2D eigenvalue weighted by Gasteiger charge is -2.32. The molecule has 1 fully saturated rings. The van der Waals surface area contributed by atoms with Gasteiger partial charge in [0.25, 0.3) is 11.8 Å².